The lowest BCUT2D eigenvalue weighted by Crippen LogP contribution is -2.50. The van der Waals surface area contributed by atoms with Gasteiger partial charge in [-0.1, -0.05) is 84.9 Å². The van der Waals surface area contributed by atoms with Crippen LogP contribution in [0, 0.1) is 0 Å². The van der Waals surface area contributed by atoms with Crippen LogP contribution in [0.4, 0.5) is 5.69 Å². The number of piperidine rings is 1. The van der Waals surface area contributed by atoms with E-state index in [9.17, 15) is 0 Å². The molecule has 11 heteroatoms. The Morgan fingerprint density at radius 2 is 0.757 bits per heavy atom. The molecule has 7 aliphatic heterocycles. The molecule has 0 radical (unpaired) electrons. The van der Waals surface area contributed by atoms with Crippen LogP contribution in [-0.2, 0) is 54.4 Å². The lowest BCUT2D eigenvalue weighted by molar-refractivity contribution is 0.00736. The molecular weight excluding hydrogens is 1320 g/mol. The van der Waals surface area contributed by atoms with Crippen molar-refractivity contribution in [2.75, 3.05) is 104 Å². The molecule has 0 N–H and O–H groups in total. The number of hydrogen-bond donors (Lipinski definition) is 0. The minimum atomic E-state index is 0.247. The summed E-state index contributed by atoms with van der Waals surface area (Å²) >= 11 is 0. The second-order valence-electron chi connectivity index (χ2n) is 39.6. The Kier molecular flexibility index (Phi) is 30.3. The minimum absolute atomic E-state index is 0.247. The van der Waals surface area contributed by atoms with Gasteiger partial charge in [0, 0.05) is 142 Å². The van der Waals surface area contributed by atoms with Gasteiger partial charge in [0.1, 0.15) is 11.5 Å². The van der Waals surface area contributed by atoms with Crippen LogP contribution < -0.4 is 14.4 Å². The minimum Gasteiger partial charge on any atom is -0.497 e. The molecule has 596 valence electrons. The van der Waals surface area contributed by atoms with E-state index < -0.39 is 0 Å². The van der Waals surface area contributed by atoms with E-state index in [1.807, 2.05) is 0 Å². The van der Waals surface area contributed by atoms with Crippen molar-refractivity contribution in [3.63, 3.8) is 0 Å². The Bertz CT molecular complexity index is 3410. The van der Waals surface area contributed by atoms with Crippen molar-refractivity contribution in [1.82, 2.24) is 29.4 Å². The highest BCUT2D eigenvalue weighted by atomic mass is 16.5. The Morgan fingerprint density at radius 1 is 0.336 bits per heavy atom. The summed E-state index contributed by atoms with van der Waals surface area (Å²) in [6, 6.07) is 41.0. The second kappa shape index (κ2) is 37.7. The maximum Gasteiger partial charge on any atom is 0.122 e. The summed E-state index contributed by atoms with van der Waals surface area (Å²) in [6.07, 6.45) is 22.2. The molecule has 5 fully saturated rings. The summed E-state index contributed by atoms with van der Waals surface area (Å²) in [6.45, 7) is 63.5. The molecule has 0 aromatic heterocycles. The van der Waals surface area contributed by atoms with Crippen molar-refractivity contribution >= 4 is 5.69 Å². The first-order chi connectivity index (χ1) is 50.4. The van der Waals surface area contributed by atoms with Crippen LogP contribution in [0.2, 0.25) is 0 Å². The monoisotopic (exact) mass is 1470 g/mol. The third kappa shape index (κ3) is 24.1. The molecule has 5 aromatic rings. The first-order valence-electron chi connectivity index (χ1n) is 42.5. The Hall–Kier alpha value is -4.82. The van der Waals surface area contributed by atoms with Gasteiger partial charge in [-0.05, 0) is 341 Å². The first-order valence-corrected chi connectivity index (χ1v) is 42.5. The van der Waals surface area contributed by atoms with Crippen molar-refractivity contribution in [1.29, 1.82) is 0 Å². The van der Waals surface area contributed by atoms with Gasteiger partial charge in [-0.15, -0.1) is 0 Å². The summed E-state index contributed by atoms with van der Waals surface area (Å²) in [5.41, 5.74) is 17.1. The molecule has 0 spiro atoms. The van der Waals surface area contributed by atoms with E-state index in [0.29, 0.717) is 46.4 Å². The molecule has 10 aliphatic rings. The van der Waals surface area contributed by atoms with Gasteiger partial charge in [0.2, 0.25) is 0 Å². The van der Waals surface area contributed by atoms with E-state index >= 15 is 0 Å². The van der Waals surface area contributed by atoms with Crippen LogP contribution in [0.1, 0.15) is 272 Å². The third-order valence-electron chi connectivity index (χ3n) is 25.0. The fraction of sp³-hybridized carbons (Fsp3) is 0.688. The third-order valence-corrected chi connectivity index (χ3v) is 25.0. The molecular formula is C96H153N7O4. The zero-order valence-corrected chi connectivity index (χ0v) is 72.3. The average molecular weight is 1470 g/mol. The molecule has 2 unspecified atom stereocenters. The van der Waals surface area contributed by atoms with Crippen molar-refractivity contribution in [2.45, 2.75) is 329 Å². The quantitative estimate of drug-likeness (QED) is 0.170. The standard InChI is InChI=1S/2C15H23NO.C15H21N.C14H21N.C13H19N.2C12H23NO/c1-15(2,3)16-9-7-12-5-6-14(17-4)11-13(12)8-10-16;1-15(2,3)16-10-8-12-6-5-7-14(17-4)13(12)9-11-16;1-15(2,3)16-9-11-8-12(10-16)14-7-5-4-6-13(11)14;1-14(2,3)15-10-8-12-6-4-5-7-13(12)9-11-15;1-13(2,3)14-10-6-8-11-7-4-5-9-12(11)14;2*1-12(2,3)13-8-5-9-14-11-7-4-6-10(11)13/h5-6,11H,7-10H2,1-4H3;5-7H,8-11H2,1-4H3;4-7,11-12H,8-10H2,1-3H3;4-7H,8-11H2,1-3H3;4-5,7,9H,6,8,10H2,1-3H3;2*10-11H,4-9H2,1-3H3/t;;;;;10-,11+;10-,11-/m.....00/s1. The van der Waals surface area contributed by atoms with E-state index in [-0.39, 0.29) is 16.6 Å². The number of aryl methyl sites for hydroxylation is 1. The van der Waals surface area contributed by atoms with Crippen LogP contribution in [0.3, 0.4) is 0 Å². The zero-order chi connectivity index (χ0) is 77.7. The number of fused-ring (bicyclic) bond motifs is 11. The van der Waals surface area contributed by atoms with Gasteiger partial charge in [0.15, 0.2) is 0 Å². The number of rotatable bonds is 2. The normalized spacial score (nSPS) is 23.9. The van der Waals surface area contributed by atoms with E-state index in [2.05, 4.69) is 289 Å². The van der Waals surface area contributed by atoms with E-state index in [1.54, 1.807) is 36.5 Å². The van der Waals surface area contributed by atoms with Gasteiger partial charge in [-0.25, -0.2) is 0 Å². The number of anilines is 1. The predicted molar refractivity (Wildman–Crippen MR) is 455 cm³/mol. The average Bonchev–Trinajstić information content (AvgIpc) is 1.60. The number of nitrogens with zero attached hydrogens (tertiary/aromatic N) is 7. The summed E-state index contributed by atoms with van der Waals surface area (Å²) < 4.78 is 22.6. The number of likely N-dealkylation sites (tertiary alicyclic amines) is 1. The largest absolute Gasteiger partial charge is 0.497 e. The van der Waals surface area contributed by atoms with Crippen LogP contribution in [0.25, 0.3) is 0 Å². The fourth-order valence-corrected chi connectivity index (χ4v) is 18.9. The topological polar surface area (TPSA) is 59.6 Å². The van der Waals surface area contributed by atoms with Gasteiger partial charge >= 0.3 is 0 Å². The zero-order valence-electron chi connectivity index (χ0n) is 72.3. The van der Waals surface area contributed by atoms with Crippen LogP contribution in [0.15, 0.2) is 109 Å². The van der Waals surface area contributed by atoms with Gasteiger partial charge in [-0.2, -0.15) is 0 Å². The van der Waals surface area contributed by atoms with Gasteiger partial charge in [-0.3, -0.25) is 29.4 Å². The van der Waals surface area contributed by atoms with E-state index in [4.69, 9.17) is 18.9 Å². The lowest BCUT2D eigenvalue weighted by Gasteiger charge is -2.41. The van der Waals surface area contributed by atoms with Crippen LogP contribution in [-0.4, -0.2) is 192 Å². The SMILES string of the molecule is CC(C)(C)N1CC2CC(C1)c1ccccc12.CC(C)(C)N1CCCO[C@@H]2CCC[C@@H]21.CC(C)(C)N1CCCO[C@H]2CCC[C@@H]21.CC(C)(C)N1CCCc2ccccc21.CC(C)(C)N1CCc2ccccc2CC1.COc1ccc2c(c1)CCN(C(C)(C)C)CC2.COc1cccc2c1CCN(C(C)(C)C)CC2. The molecule has 3 saturated heterocycles. The predicted octanol–water partition coefficient (Wildman–Crippen LogP) is 20.1. The number of methoxy groups -OCH3 is 2. The number of hydrogen-bond acceptors (Lipinski definition) is 11. The molecule has 0 amide bonds. The van der Waals surface area contributed by atoms with Gasteiger partial charge in [0.05, 0.1) is 26.4 Å². The number of ether oxygens (including phenoxy) is 4. The smallest absolute Gasteiger partial charge is 0.122 e. The summed E-state index contributed by atoms with van der Waals surface area (Å²) in [5, 5.41) is 0. The molecule has 6 atom stereocenters. The maximum atomic E-state index is 5.91. The van der Waals surface area contributed by atoms with Crippen molar-refractivity contribution in [2.24, 2.45) is 0 Å². The molecule has 7 heterocycles. The van der Waals surface area contributed by atoms with Crippen LogP contribution in [0.5, 0.6) is 11.5 Å². The van der Waals surface area contributed by atoms with Gasteiger partial charge < -0.3 is 23.8 Å². The Labute approximate surface area is 654 Å². The lowest BCUT2D eigenvalue weighted by atomic mass is 9.91. The molecule has 11 nitrogen and oxygen atoms in total. The van der Waals surface area contributed by atoms with Crippen LogP contribution >= 0.6 is 0 Å². The highest BCUT2D eigenvalue weighted by molar-refractivity contribution is 5.57. The molecule has 5 aromatic carbocycles. The molecule has 15 rings (SSSR count). The fourth-order valence-electron chi connectivity index (χ4n) is 18.9. The van der Waals surface area contributed by atoms with E-state index in [0.717, 1.165) is 88.4 Å². The summed E-state index contributed by atoms with van der Waals surface area (Å²) in [4.78, 5) is 18.2. The summed E-state index contributed by atoms with van der Waals surface area (Å²) in [7, 11) is 3.50. The molecule has 2 bridgehead atoms. The number of para-hydroxylation sites is 1. The molecule has 2 saturated carbocycles. The Balaban J connectivity index is 0.000000144. The molecule has 3 aliphatic carbocycles. The first kappa shape index (κ1) is 86.2. The summed E-state index contributed by atoms with van der Waals surface area (Å²) in [5.74, 6) is 3.61. The highest BCUT2D eigenvalue weighted by Crippen LogP contribution is 2.47. The van der Waals surface area contributed by atoms with E-state index in [1.165, 1.54) is 163 Å². The van der Waals surface area contributed by atoms with Crippen molar-refractivity contribution < 1.29 is 18.9 Å². The maximum absolute atomic E-state index is 5.91. The highest BCUT2D eigenvalue weighted by Gasteiger charge is 2.43. The second-order valence-corrected chi connectivity index (χ2v) is 39.6. The molecule has 107 heavy (non-hydrogen) atoms. The van der Waals surface area contributed by atoms with Gasteiger partial charge in [0.25, 0.3) is 0 Å². The number of benzene rings is 5. The van der Waals surface area contributed by atoms with Crippen molar-refractivity contribution in [3.8, 4) is 11.5 Å². The van der Waals surface area contributed by atoms with Crippen molar-refractivity contribution in [3.05, 3.63) is 159 Å². The Morgan fingerprint density at radius 3 is 1.21 bits per heavy atom.